The fourth-order valence-electron chi connectivity index (χ4n) is 1.95. The Hall–Kier alpha value is -0.570. The lowest BCUT2D eigenvalue weighted by atomic mass is 10.0. The predicted octanol–water partition coefficient (Wildman–Crippen LogP) is 4.20. The fourth-order valence-corrected chi connectivity index (χ4v) is 2.26. The average Bonchev–Trinajstić information content (AvgIpc) is 2.87. The molecule has 0 aliphatic carbocycles. The van der Waals surface area contributed by atoms with E-state index in [4.69, 9.17) is 23.2 Å². The molecule has 18 heavy (non-hydrogen) atoms. The highest BCUT2D eigenvalue weighted by atomic mass is 35.5. The van der Waals surface area contributed by atoms with Crippen molar-refractivity contribution in [1.29, 1.82) is 0 Å². The van der Waals surface area contributed by atoms with Gasteiger partial charge in [0.1, 0.15) is 6.29 Å². The second-order valence-electron chi connectivity index (χ2n) is 4.44. The Morgan fingerprint density at radius 3 is 2.67 bits per heavy atom. The minimum Gasteiger partial charge on any atom is -0.316 e. The van der Waals surface area contributed by atoms with Crippen molar-refractivity contribution in [2.75, 3.05) is 13.1 Å². The van der Waals surface area contributed by atoms with E-state index in [0.717, 1.165) is 12.2 Å². The van der Waals surface area contributed by atoms with Crippen molar-refractivity contribution >= 4 is 29.5 Å². The number of hydrogen-bond acceptors (Lipinski definition) is 2. The molecule has 100 valence electrons. The number of benzene rings is 1. The molecule has 0 radical (unpaired) electrons. The predicted molar refractivity (Wildman–Crippen MR) is 77.7 cm³/mol. The number of halogens is 2. The third kappa shape index (κ3) is 5.38. The summed E-state index contributed by atoms with van der Waals surface area (Å²) in [5, 5.41) is 4.23. The lowest BCUT2D eigenvalue weighted by molar-refractivity contribution is 0.112. The zero-order valence-electron chi connectivity index (χ0n) is 10.6. The molecule has 0 aromatic heterocycles. The quantitative estimate of drug-likeness (QED) is 0.844. The SMILES string of the molecule is CCC[C@@H]1CCNC1.O=Cc1ccc(Cl)c(Cl)c1. The average molecular weight is 288 g/mol. The van der Waals surface area contributed by atoms with E-state index in [1.54, 1.807) is 12.1 Å². The topological polar surface area (TPSA) is 29.1 Å². The number of carbonyl (C=O) groups is 1. The third-order valence-electron chi connectivity index (χ3n) is 2.94. The molecule has 1 aromatic rings. The fraction of sp³-hybridized carbons (Fsp3) is 0.500. The standard InChI is InChI=1S/C7H4Cl2O.C7H15N/c8-6-2-1-5(4-10)3-7(6)9;1-2-3-7-4-5-8-6-7/h1-4H;7-8H,2-6H2,1H3/t;7-/m.1/s1. The number of aldehydes is 1. The lowest BCUT2D eigenvalue weighted by Gasteiger charge is -2.02. The van der Waals surface area contributed by atoms with Crippen molar-refractivity contribution in [2.45, 2.75) is 26.2 Å². The molecule has 1 fully saturated rings. The first-order valence-corrected chi connectivity index (χ1v) is 7.04. The van der Waals surface area contributed by atoms with Crippen LogP contribution >= 0.6 is 23.2 Å². The normalized spacial score (nSPS) is 18.1. The van der Waals surface area contributed by atoms with Crippen LogP contribution in [0.3, 0.4) is 0 Å². The summed E-state index contributed by atoms with van der Waals surface area (Å²) in [7, 11) is 0. The van der Waals surface area contributed by atoms with Crippen LogP contribution in [0.5, 0.6) is 0 Å². The molecule has 0 unspecified atom stereocenters. The van der Waals surface area contributed by atoms with Crippen LogP contribution < -0.4 is 5.32 Å². The first-order chi connectivity index (χ1) is 8.67. The van der Waals surface area contributed by atoms with Gasteiger partial charge in [0.25, 0.3) is 0 Å². The van der Waals surface area contributed by atoms with E-state index in [2.05, 4.69) is 12.2 Å². The van der Waals surface area contributed by atoms with Gasteiger partial charge >= 0.3 is 0 Å². The zero-order chi connectivity index (χ0) is 13.4. The van der Waals surface area contributed by atoms with Crippen molar-refractivity contribution < 1.29 is 4.79 Å². The molecular formula is C14H19Cl2NO. The second kappa shape index (κ2) is 8.52. The Kier molecular flexibility index (Phi) is 7.33. The van der Waals surface area contributed by atoms with Gasteiger partial charge in [-0.1, -0.05) is 42.6 Å². The van der Waals surface area contributed by atoms with Crippen LogP contribution in [0.4, 0.5) is 0 Å². The Morgan fingerprint density at radius 1 is 1.39 bits per heavy atom. The maximum Gasteiger partial charge on any atom is 0.150 e. The summed E-state index contributed by atoms with van der Waals surface area (Å²) in [4.78, 5) is 10.2. The molecule has 1 heterocycles. The first-order valence-electron chi connectivity index (χ1n) is 6.28. The highest BCUT2D eigenvalue weighted by Gasteiger charge is 2.11. The summed E-state index contributed by atoms with van der Waals surface area (Å²) in [5.74, 6) is 1.000. The van der Waals surface area contributed by atoms with Gasteiger partial charge in [-0.05, 0) is 44.0 Å². The van der Waals surface area contributed by atoms with Gasteiger partial charge in [0.05, 0.1) is 10.0 Å². The molecule has 0 bridgehead atoms. The summed E-state index contributed by atoms with van der Waals surface area (Å²) in [5.41, 5.74) is 0.536. The second-order valence-corrected chi connectivity index (χ2v) is 5.25. The van der Waals surface area contributed by atoms with Gasteiger partial charge in [-0.2, -0.15) is 0 Å². The zero-order valence-corrected chi connectivity index (χ0v) is 12.1. The van der Waals surface area contributed by atoms with Crippen molar-refractivity contribution in [3.8, 4) is 0 Å². The van der Waals surface area contributed by atoms with Crippen molar-refractivity contribution in [3.63, 3.8) is 0 Å². The number of nitrogens with one attached hydrogen (secondary N) is 1. The molecule has 4 heteroatoms. The Morgan fingerprint density at radius 2 is 2.17 bits per heavy atom. The smallest absolute Gasteiger partial charge is 0.150 e. The summed E-state index contributed by atoms with van der Waals surface area (Å²) in [6, 6.07) is 4.73. The highest BCUT2D eigenvalue weighted by Crippen LogP contribution is 2.21. The molecule has 0 spiro atoms. The van der Waals surface area contributed by atoms with Gasteiger partial charge in [0.15, 0.2) is 0 Å². The van der Waals surface area contributed by atoms with Crippen LogP contribution in [0.1, 0.15) is 36.5 Å². The lowest BCUT2D eigenvalue weighted by Crippen LogP contribution is -2.08. The number of carbonyl (C=O) groups excluding carboxylic acids is 1. The van der Waals surface area contributed by atoms with Crippen LogP contribution in [0.15, 0.2) is 18.2 Å². The molecule has 2 nitrogen and oxygen atoms in total. The summed E-state index contributed by atoms with van der Waals surface area (Å²) in [6.07, 6.45) is 4.91. The van der Waals surface area contributed by atoms with E-state index in [0.29, 0.717) is 15.6 Å². The van der Waals surface area contributed by atoms with Crippen LogP contribution in [0, 0.1) is 5.92 Å². The van der Waals surface area contributed by atoms with E-state index in [1.165, 1.54) is 38.4 Å². The third-order valence-corrected chi connectivity index (χ3v) is 3.68. The van der Waals surface area contributed by atoms with Gasteiger partial charge in [0.2, 0.25) is 0 Å². The van der Waals surface area contributed by atoms with Gasteiger partial charge in [0, 0.05) is 5.56 Å². The molecule has 1 atom stereocenters. The molecule has 1 aromatic carbocycles. The molecule has 1 N–H and O–H groups in total. The molecular weight excluding hydrogens is 269 g/mol. The Labute approximate surface area is 119 Å². The van der Waals surface area contributed by atoms with Gasteiger partial charge in [-0.25, -0.2) is 0 Å². The van der Waals surface area contributed by atoms with E-state index in [1.807, 2.05) is 0 Å². The molecule has 1 saturated heterocycles. The molecule has 2 rings (SSSR count). The van der Waals surface area contributed by atoms with Crippen LogP contribution in [0.25, 0.3) is 0 Å². The van der Waals surface area contributed by atoms with Crippen molar-refractivity contribution in [3.05, 3.63) is 33.8 Å². The molecule has 0 amide bonds. The minimum atomic E-state index is 0.409. The largest absolute Gasteiger partial charge is 0.316 e. The van der Waals surface area contributed by atoms with Gasteiger partial charge in [-0.3, -0.25) is 4.79 Å². The summed E-state index contributed by atoms with van der Waals surface area (Å²) < 4.78 is 0. The van der Waals surface area contributed by atoms with Crippen molar-refractivity contribution in [2.24, 2.45) is 5.92 Å². The van der Waals surface area contributed by atoms with Gasteiger partial charge in [-0.15, -0.1) is 0 Å². The first kappa shape index (κ1) is 15.5. The minimum absolute atomic E-state index is 0.409. The summed E-state index contributed by atoms with van der Waals surface area (Å²) >= 11 is 11.2. The van der Waals surface area contributed by atoms with Crippen LogP contribution in [-0.2, 0) is 0 Å². The maximum absolute atomic E-state index is 10.2. The monoisotopic (exact) mass is 287 g/mol. The Balaban J connectivity index is 0.000000184. The van der Waals surface area contributed by atoms with Crippen LogP contribution in [-0.4, -0.2) is 19.4 Å². The van der Waals surface area contributed by atoms with E-state index < -0.39 is 0 Å². The number of hydrogen-bond donors (Lipinski definition) is 1. The van der Waals surface area contributed by atoms with E-state index in [-0.39, 0.29) is 0 Å². The molecule has 1 aliphatic heterocycles. The number of rotatable bonds is 3. The van der Waals surface area contributed by atoms with Gasteiger partial charge < -0.3 is 5.32 Å². The Bertz CT molecular complexity index is 376. The van der Waals surface area contributed by atoms with E-state index >= 15 is 0 Å². The van der Waals surface area contributed by atoms with Crippen molar-refractivity contribution in [1.82, 2.24) is 5.32 Å². The maximum atomic E-state index is 10.2. The molecule has 1 aliphatic rings. The highest BCUT2D eigenvalue weighted by molar-refractivity contribution is 6.42. The van der Waals surface area contributed by atoms with Crippen LogP contribution in [0.2, 0.25) is 10.0 Å². The molecule has 0 saturated carbocycles. The summed E-state index contributed by atoms with van der Waals surface area (Å²) in [6.45, 7) is 4.79. The van der Waals surface area contributed by atoms with E-state index in [9.17, 15) is 4.79 Å².